The van der Waals surface area contributed by atoms with Crippen LogP contribution in [0.15, 0.2) is 30.3 Å². The topological polar surface area (TPSA) is 38.8 Å². The van der Waals surface area contributed by atoms with Crippen molar-refractivity contribution in [2.75, 3.05) is 26.3 Å². The molecule has 0 aromatic heterocycles. The molecule has 1 aromatic rings. The fraction of sp³-hybridized carbons (Fsp3) is 0.500. The Hall–Kier alpha value is -1.39. The highest BCUT2D eigenvalue weighted by Crippen LogP contribution is 2.07. The van der Waals surface area contributed by atoms with Crippen LogP contribution in [-0.2, 0) is 20.9 Å². The van der Waals surface area contributed by atoms with E-state index < -0.39 is 6.10 Å². The number of amides is 1. The highest BCUT2D eigenvalue weighted by atomic mass is 16.5. The number of hydrogen-bond acceptors (Lipinski definition) is 3. The number of carbonyl (C=O) groups excluding carboxylic acids is 1. The second kappa shape index (κ2) is 6.52. The first-order valence-electron chi connectivity index (χ1n) is 6.29. The van der Waals surface area contributed by atoms with Gasteiger partial charge in [-0.3, -0.25) is 4.79 Å². The number of benzene rings is 1. The maximum absolute atomic E-state index is 12.1. The summed E-state index contributed by atoms with van der Waals surface area (Å²) in [6.07, 6.45) is -0.400. The van der Waals surface area contributed by atoms with Crippen molar-refractivity contribution in [2.45, 2.75) is 19.6 Å². The molecule has 1 heterocycles. The van der Waals surface area contributed by atoms with Crippen molar-refractivity contribution in [3.05, 3.63) is 35.9 Å². The van der Waals surface area contributed by atoms with Gasteiger partial charge >= 0.3 is 0 Å². The number of ether oxygens (including phenoxy) is 2. The predicted octanol–water partition coefficient (Wildman–Crippen LogP) is 1.45. The molecule has 0 unspecified atom stereocenters. The molecule has 1 atom stereocenters. The van der Waals surface area contributed by atoms with Gasteiger partial charge in [0.2, 0.25) is 0 Å². The van der Waals surface area contributed by atoms with Crippen LogP contribution in [0.5, 0.6) is 0 Å². The molecule has 0 aliphatic carbocycles. The zero-order valence-electron chi connectivity index (χ0n) is 10.7. The first-order chi connectivity index (χ1) is 8.77. The third-order valence-electron chi connectivity index (χ3n) is 3.01. The average molecular weight is 249 g/mol. The Morgan fingerprint density at radius 2 is 2.00 bits per heavy atom. The second-order valence-corrected chi connectivity index (χ2v) is 4.38. The first-order valence-corrected chi connectivity index (χ1v) is 6.29. The molecule has 1 amide bonds. The summed E-state index contributed by atoms with van der Waals surface area (Å²) >= 11 is 0. The van der Waals surface area contributed by atoms with Crippen LogP contribution in [0.1, 0.15) is 12.5 Å². The van der Waals surface area contributed by atoms with Gasteiger partial charge in [0.1, 0.15) is 6.10 Å². The monoisotopic (exact) mass is 249 g/mol. The highest BCUT2D eigenvalue weighted by Gasteiger charge is 2.22. The first kappa shape index (κ1) is 13.1. The van der Waals surface area contributed by atoms with Gasteiger partial charge in [-0.15, -0.1) is 0 Å². The van der Waals surface area contributed by atoms with Crippen molar-refractivity contribution in [3.63, 3.8) is 0 Å². The molecule has 0 saturated carbocycles. The van der Waals surface area contributed by atoms with Gasteiger partial charge in [-0.1, -0.05) is 30.3 Å². The molecule has 4 nitrogen and oxygen atoms in total. The summed E-state index contributed by atoms with van der Waals surface area (Å²) in [6.45, 7) is 4.85. The predicted molar refractivity (Wildman–Crippen MR) is 68.1 cm³/mol. The summed E-state index contributed by atoms with van der Waals surface area (Å²) in [5.74, 6) is 0.0502. The van der Waals surface area contributed by atoms with Gasteiger partial charge in [-0.2, -0.15) is 0 Å². The van der Waals surface area contributed by atoms with Gasteiger partial charge < -0.3 is 14.4 Å². The van der Waals surface area contributed by atoms with Crippen molar-refractivity contribution in [1.82, 2.24) is 4.90 Å². The van der Waals surface area contributed by atoms with Crippen molar-refractivity contribution in [3.8, 4) is 0 Å². The lowest BCUT2D eigenvalue weighted by molar-refractivity contribution is -0.147. The molecule has 1 aliphatic rings. The minimum atomic E-state index is -0.400. The van der Waals surface area contributed by atoms with E-state index in [0.717, 1.165) is 5.56 Å². The Morgan fingerprint density at radius 3 is 2.67 bits per heavy atom. The summed E-state index contributed by atoms with van der Waals surface area (Å²) in [5.41, 5.74) is 1.08. The fourth-order valence-electron chi connectivity index (χ4n) is 1.91. The number of rotatable bonds is 4. The lowest BCUT2D eigenvalue weighted by Crippen LogP contribution is -2.45. The summed E-state index contributed by atoms with van der Waals surface area (Å²) in [6, 6.07) is 9.88. The van der Waals surface area contributed by atoms with E-state index in [1.165, 1.54) is 0 Å². The van der Waals surface area contributed by atoms with Crippen LogP contribution in [0.2, 0.25) is 0 Å². The van der Waals surface area contributed by atoms with Crippen LogP contribution in [0, 0.1) is 0 Å². The van der Waals surface area contributed by atoms with Crippen molar-refractivity contribution < 1.29 is 14.3 Å². The molecule has 18 heavy (non-hydrogen) atoms. The van der Waals surface area contributed by atoms with E-state index in [0.29, 0.717) is 32.9 Å². The van der Waals surface area contributed by atoms with Gasteiger partial charge in [0, 0.05) is 13.1 Å². The van der Waals surface area contributed by atoms with Crippen molar-refractivity contribution >= 4 is 5.91 Å². The van der Waals surface area contributed by atoms with E-state index in [4.69, 9.17) is 9.47 Å². The third kappa shape index (κ3) is 3.55. The average Bonchev–Trinajstić information content (AvgIpc) is 2.46. The largest absolute Gasteiger partial charge is 0.378 e. The second-order valence-electron chi connectivity index (χ2n) is 4.38. The molecular formula is C14H19NO3. The van der Waals surface area contributed by atoms with Crippen LogP contribution in [0.25, 0.3) is 0 Å². The van der Waals surface area contributed by atoms with Gasteiger partial charge in [-0.05, 0) is 12.5 Å². The zero-order chi connectivity index (χ0) is 12.8. The van der Waals surface area contributed by atoms with Crippen LogP contribution >= 0.6 is 0 Å². The summed E-state index contributed by atoms with van der Waals surface area (Å²) in [4.78, 5) is 13.9. The minimum Gasteiger partial charge on any atom is -0.378 e. The Balaban J connectivity index is 1.80. The zero-order valence-corrected chi connectivity index (χ0v) is 10.7. The summed E-state index contributed by atoms with van der Waals surface area (Å²) in [5, 5.41) is 0. The molecule has 0 N–H and O–H groups in total. The number of hydrogen-bond donors (Lipinski definition) is 0. The maximum atomic E-state index is 12.1. The van der Waals surface area contributed by atoms with Crippen molar-refractivity contribution in [2.24, 2.45) is 0 Å². The summed E-state index contributed by atoms with van der Waals surface area (Å²) < 4.78 is 10.8. The SMILES string of the molecule is C[C@@H](OCc1ccccc1)C(=O)N1CCOCC1. The molecular weight excluding hydrogens is 230 g/mol. The van der Waals surface area contributed by atoms with E-state index in [-0.39, 0.29) is 5.91 Å². The Bertz CT molecular complexity index is 374. The minimum absolute atomic E-state index is 0.0502. The number of carbonyl (C=O) groups is 1. The molecule has 1 aliphatic heterocycles. The van der Waals surface area contributed by atoms with E-state index in [1.54, 1.807) is 11.8 Å². The number of morpholine rings is 1. The molecule has 1 aromatic carbocycles. The quantitative estimate of drug-likeness (QED) is 0.810. The molecule has 1 fully saturated rings. The molecule has 4 heteroatoms. The third-order valence-corrected chi connectivity index (χ3v) is 3.01. The smallest absolute Gasteiger partial charge is 0.251 e. The Kier molecular flexibility index (Phi) is 4.73. The summed E-state index contributed by atoms with van der Waals surface area (Å²) in [7, 11) is 0. The van der Waals surface area contributed by atoms with E-state index in [9.17, 15) is 4.79 Å². The standard InChI is InChI=1S/C14H19NO3/c1-12(14(16)15-7-9-17-10-8-15)18-11-13-5-3-2-4-6-13/h2-6,12H,7-11H2,1H3/t12-/m1/s1. The molecule has 1 saturated heterocycles. The van der Waals surface area contributed by atoms with E-state index >= 15 is 0 Å². The van der Waals surface area contributed by atoms with Crippen LogP contribution in [0.4, 0.5) is 0 Å². The Labute approximate surface area is 107 Å². The normalized spacial score (nSPS) is 17.5. The Morgan fingerprint density at radius 1 is 1.33 bits per heavy atom. The van der Waals surface area contributed by atoms with E-state index in [2.05, 4.69) is 0 Å². The fourth-order valence-corrected chi connectivity index (χ4v) is 1.91. The lowest BCUT2D eigenvalue weighted by atomic mass is 10.2. The molecule has 0 spiro atoms. The molecule has 0 radical (unpaired) electrons. The van der Waals surface area contributed by atoms with Crippen molar-refractivity contribution in [1.29, 1.82) is 0 Å². The van der Waals surface area contributed by atoms with Gasteiger partial charge in [-0.25, -0.2) is 0 Å². The molecule has 2 rings (SSSR count). The maximum Gasteiger partial charge on any atom is 0.251 e. The lowest BCUT2D eigenvalue weighted by Gasteiger charge is -2.29. The van der Waals surface area contributed by atoms with Crippen LogP contribution in [-0.4, -0.2) is 43.2 Å². The van der Waals surface area contributed by atoms with Gasteiger partial charge in [0.15, 0.2) is 0 Å². The van der Waals surface area contributed by atoms with Crippen LogP contribution in [0.3, 0.4) is 0 Å². The van der Waals surface area contributed by atoms with Gasteiger partial charge in [0.05, 0.1) is 19.8 Å². The number of nitrogens with zero attached hydrogens (tertiary/aromatic N) is 1. The van der Waals surface area contributed by atoms with E-state index in [1.807, 2.05) is 30.3 Å². The van der Waals surface area contributed by atoms with Gasteiger partial charge in [0.25, 0.3) is 5.91 Å². The molecule has 0 bridgehead atoms. The van der Waals surface area contributed by atoms with Crippen LogP contribution < -0.4 is 0 Å². The molecule has 98 valence electrons. The highest BCUT2D eigenvalue weighted by molar-refractivity contribution is 5.80.